The van der Waals surface area contributed by atoms with Crippen LogP contribution in [0.3, 0.4) is 0 Å². The monoisotopic (exact) mass is 596 g/mol. The minimum Gasteiger partial charge on any atom is -0.354 e. The molecule has 0 aliphatic carbocycles. The molecular formula is C34H40N6O2S. The second-order valence-corrected chi connectivity index (χ2v) is 12.4. The fraction of sp³-hybridized carbons (Fsp3) is 0.382. The normalized spacial score (nSPS) is 15.7. The van der Waals surface area contributed by atoms with Crippen molar-refractivity contribution in [3.8, 4) is 0 Å². The maximum atomic E-state index is 12.8. The van der Waals surface area contributed by atoms with E-state index in [1.165, 1.54) is 30.6 Å². The van der Waals surface area contributed by atoms with Gasteiger partial charge in [0.15, 0.2) is 0 Å². The fourth-order valence-electron chi connectivity index (χ4n) is 6.06. The van der Waals surface area contributed by atoms with Crippen molar-refractivity contribution in [1.29, 1.82) is 0 Å². The van der Waals surface area contributed by atoms with Crippen LogP contribution >= 0.6 is 11.8 Å². The zero-order chi connectivity index (χ0) is 29.6. The van der Waals surface area contributed by atoms with E-state index in [1.54, 1.807) is 11.8 Å². The summed E-state index contributed by atoms with van der Waals surface area (Å²) in [6.45, 7) is 5.90. The van der Waals surface area contributed by atoms with Gasteiger partial charge >= 0.3 is 0 Å². The number of likely N-dealkylation sites (tertiary alicyclic amines) is 2. The Morgan fingerprint density at radius 2 is 1.26 bits per heavy atom. The first kappa shape index (κ1) is 29.4. The molecule has 4 aromatic rings. The maximum Gasteiger partial charge on any atom is 0.225 e. The predicted octanol–water partition coefficient (Wildman–Crippen LogP) is 6.70. The lowest BCUT2D eigenvalue weighted by Crippen LogP contribution is -2.25. The Kier molecular flexibility index (Phi) is 9.41. The van der Waals surface area contributed by atoms with Crippen LogP contribution in [-0.4, -0.2) is 72.1 Å². The van der Waals surface area contributed by atoms with E-state index in [-0.39, 0.29) is 11.8 Å². The van der Waals surface area contributed by atoms with Gasteiger partial charge in [0.05, 0.1) is 16.7 Å². The third-order valence-corrected chi connectivity index (χ3v) is 9.11. The number of nitrogens with zero attached hydrogens (tertiary/aromatic N) is 3. The summed E-state index contributed by atoms with van der Waals surface area (Å²) < 4.78 is 0. The van der Waals surface area contributed by atoms with E-state index in [9.17, 15) is 9.59 Å². The molecule has 0 atom stereocenters. The Morgan fingerprint density at radius 3 is 1.77 bits per heavy atom. The van der Waals surface area contributed by atoms with Crippen LogP contribution in [0.15, 0.2) is 65.6 Å². The summed E-state index contributed by atoms with van der Waals surface area (Å²) in [5, 5.41) is 11.7. The number of anilines is 4. The number of hydrogen-bond acceptors (Lipinski definition) is 7. The van der Waals surface area contributed by atoms with E-state index < -0.39 is 0 Å². The summed E-state index contributed by atoms with van der Waals surface area (Å²) in [6.07, 6.45) is 7.88. The molecule has 2 aliphatic heterocycles. The standard InChI is InChI=1S/C34H40N6O2S/c1-43-27-8-6-7-24(21-27)37-34-28-11-9-25(35-32(41)13-19-39-15-2-3-16-39)22-30(28)38-31-23-26(10-12-29(31)34)36-33(42)14-20-40-17-4-5-18-40/h6-12,21-23H,2-5,13-20H2,1H3,(H,35,41)(H,36,42)(H,37,38). The summed E-state index contributed by atoms with van der Waals surface area (Å²) in [5.41, 5.74) is 4.92. The van der Waals surface area contributed by atoms with E-state index in [0.717, 1.165) is 83.8 Å². The van der Waals surface area contributed by atoms with Crippen molar-refractivity contribution in [2.24, 2.45) is 0 Å². The quantitative estimate of drug-likeness (QED) is 0.131. The van der Waals surface area contributed by atoms with Crippen molar-refractivity contribution in [1.82, 2.24) is 14.8 Å². The second-order valence-electron chi connectivity index (χ2n) is 11.5. The first-order chi connectivity index (χ1) is 21.0. The third-order valence-electron chi connectivity index (χ3n) is 8.39. The van der Waals surface area contributed by atoms with Crippen LogP contribution in [-0.2, 0) is 9.59 Å². The molecule has 224 valence electrons. The highest BCUT2D eigenvalue weighted by molar-refractivity contribution is 7.98. The second kappa shape index (κ2) is 13.8. The minimum absolute atomic E-state index is 0.0122. The van der Waals surface area contributed by atoms with E-state index in [4.69, 9.17) is 4.98 Å². The molecule has 3 aromatic carbocycles. The molecule has 2 aliphatic rings. The number of nitrogens with one attached hydrogen (secondary N) is 3. The summed E-state index contributed by atoms with van der Waals surface area (Å²) >= 11 is 1.70. The average molecular weight is 597 g/mol. The third kappa shape index (κ3) is 7.47. The molecule has 9 heteroatoms. The SMILES string of the molecule is CSc1cccc(Nc2c3ccc(NC(=O)CCN4CCCC4)cc3nc3cc(NC(=O)CCN4CCCC4)ccc23)c1. The Balaban J connectivity index is 1.28. The highest BCUT2D eigenvalue weighted by Gasteiger charge is 2.16. The highest BCUT2D eigenvalue weighted by atomic mass is 32.2. The van der Waals surface area contributed by atoms with Crippen molar-refractivity contribution in [3.63, 3.8) is 0 Å². The molecule has 6 rings (SSSR count). The Bertz CT molecular complexity index is 1520. The molecule has 2 fully saturated rings. The van der Waals surface area contributed by atoms with Gasteiger partial charge in [-0.3, -0.25) is 9.59 Å². The molecule has 3 N–H and O–H groups in total. The van der Waals surface area contributed by atoms with Crippen LogP contribution in [0.1, 0.15) is 38.5 Å². The van der Waals surface area contributed by atoms with Gasteiger partial charge in [-0.1, -0.05) is 6.07 Å². The maximum absolute atomic E-state index is 12.8. The number of thioether (sulfide) groups is 1. The van der Waals surface area contributed by atoms with Crippen molar-refractivity contribution in [2.75, 3.05) is 61.5 Å². The van der Waals surface area contributed by atoms with Crippen molar-refractivity contribution in [2.45, 2.75) is 43.4 Å². The largest absolute Gasteiger partial charge is 0.354 e. The van der Waals surface area contributed by atoms with Gasteiger partial charge in [-0.25, -0.2) is 4.98 Å². The van der Waals surface area contributed by atoms with E-state index in [0.29, 0.717) is 12.8 Å². The van der Waals surface area contributed by atoms with Crippen LogP contribution in [0, 0.1) is 0 Å². The van der Waals surface area contributed by atoms with Crippen LogP contribution < -0.4 is 16.0 Å². The molecular weight excluding hydrogens is 556 g/mol. The van der Waals surface area contributed by atoms with Gasteiger partial charge in [-0.05, 0) is 113 Å². The molecule has 0 unspecified atom stereocenters. The van der Waals surface area contributed by atoms with Crippen LogP contribution in [0.25, 0.3) is 21.8 Å². The van der Waals surface area contributed by atoms with E-state index in [1.807, 2.05) is 42.5 Å². The Morgan fingerprint density at radius 1 is 0.721 bits per heavy atom. The van der Waals surface area contributed by atoms with Gasteiger partial charge in [0, 0.05) is 58.7 Å². The van der Waals surface area contributed by atoms with Gasteiger partial charge < -0.3 is 25.8 Å². The van der Waals surface area contributed by atoms with Crippen molar-refractivity contribution in [3.05, 3.63) is 60.7 Å². The lowest BCUT2D eigenvalue weighted by Gasteiger charge is -2.17. The topological polar surface area (TPSA) is 89.6 Å². The minimum atomic E-state index is 0.0122. The van der Waals surface area contributed by atoms with Gasteiger partial charge in [-0.15, -0.1) is 11.8 Å². The summed E-state index contributed by atoms with van der Waals surface area (Å²) in [7, 11) is 0. The van der Waals surface area contributed by atoms with Crippen LogP contribution in [0.4, 0.5) is 22.7 Å². The average Bonchev–Trinajstić information content (AvgIpc) is 3.74. The first-order valence-electron chi connectivity index (χ1n) is 15.4. The number of carbonyl (C=O) groups excluding carboxylic acids is 2. The van der Waals surface area contributed by atoms with E-state index in [2.05, 4.69) is 50.2 Å². The molecule has 2 saturated heterocycles. The molecule has 1 aromatic heterocycles. The van der Waals surface area contributed by atoms with Gasteiger partial charge in [0.1, 0.15) is 0 Å². The van der Waals surface area contributed by atoms with Gasteiger partial charge in [0.25, 0.3) is 0 Å². The van der Waals surface area contributed by atoms with Gasteiger partial charge in [0.2, 0.25) is 11.8 Å². The lowest BCUT2D eigenvalue weighted by molar-refractivity contribution is -0.117. The fourth-order valence-corrected chi connectivity index (χ4v) is 6.52. The molecule has 43 heavy (non-hydrogen) atoms. The molecule has 8 nitrogen and oxygen atoms in total. The van der Waals surface area contributed by atoms with E-state index >= 15 is 0 Å². The molecule has 3 heterocycles. The summed E-state index contributed by atoms with van der Waals surface area (Å²) in [5.74, 6) is 0.0244. The summed E-state index contributed by atoms with van der Waals surface area (Å²) in [6, 6.07) is 20.1. The number of hydrogen-bond donors (Lipinski definition) is 3. The number of fused-ring (bicyclic) bond motifs is 2. The van der Waals surface area contributed by atoms with Crippen LogP contribution in [0.5, 0.6) is 0 Å². The predicted molar refractivity (Wildman–Crippen MR) is 179 cm³/mol. The first-order valence-corrected chi connectivity index (χ1v) is 16.6. The smallest absolute Gasteiger partial charge is 0.225 e. The Hall–Kier alpha value is -3.66. The lowest BCUT2D eigenvalue weighted by atomic mass is 10.1. The van der Waals surface area contributed by atoms with Crippen molar-refractivity contribution >= 4 is 68.1 Å². The zero-order valence-electron chi connectivity index (χ0n) is 24.8. The number of benzene rings is 3. The van der Waals surface area contributed by atoms with Crippen LogP contribution in [0.2, 0.25) is 0 Å². The number of pyridine rings is 1. The number of rotatable bonds is 11. The number of amides is 2. The molecule has 2 amide bonds. The molecule has 0 bridgehead atoms. The molecule has 0 saturated carbocycles. The molecule has 0 radical (unpaired) electrons. The van der Waals surface area contributed by atoms with Crippen molar-refractivity contribution < 1.29 is 9.59 Å². The summed E-state index contributed by atoms with van der Waals surface area (Å²) in [4.78, 5) is 36.4. The Labute approximate surface area is 257 Å². The molecule has 0 spiro atoms. The number of aromatic nitrogens is 1. The van der Waals surface area contributed by atoms with Gasteiger partial charge in [-0.2, -0.15) is 0 Å². The zero-order valence-corrected chi connectivity index (χ0v) is 25.6. The number of carbonyl (C=O) groups is 2. The highest BCUT2D eigenvalue weighted by Crippen LogP contribution is 2.36.